The summed E-state index contributed by atoms with van der Waals surface area (Å²) in [6.07, 6.45) is 3.17. The number of aromatic nitrogens is 1. The number of para-hydroxylation sites is 1. The van der Waals surface area contributed by atoms with Gasteiger partial charge in [0.1, 0.15) is 5.60 Å². The van der Waals surface area contributed by atoms with E-state index >= 15 is 0 Å². The van der Waals surface area contributed by atoms with E-state index < -0.39 is 23.1 Å². The number of anilines is 1. The molecule has 8 heteroatoms. The maximum atomic E-state index is 14.9. The molecule has 202 valence electrons. The minimum absolute atomic E-state index is 0.0405. The normalized spacial score (nSPS) is 17.5. The molecule has 2 saturated heterocycles. The number of amides is 1. The zero-order valence-electron chi connectivity index (χ0n) is 22.0. The predicted octanol–water partition coefficient (Wildman–Crippen LogP) is 7.30. The van der Waals surface area contributed by atoms with Crippen molar-refractivity contribution in [3.63, 3.8) is 0 Å². The number of carbonyl (C=O) groups excluding carboxylic acids is 1. The third kappa shape index (κ3) is 4.46. The Morgan fingerprint density at radius 1 is 0.897 bits per heavy atom. The first-order valence-corrected chi connectivity index (χ1v) is 13.3. The quantitative estimate of drug-likeness (QED) is 0.253. The summed E-state index contributed by atoms with van der Waals surface area (Å²) in [5, 5.41) is 0.832. The summed E-state index contributed by atoms with van der Waals surface area (Å²) in [6.45, 7) is 6.73. The monoisotopic (exact) mass is 533 g/mol. The zero-order valence-corrected chi connectivity index (χ0v) is 22.0. The highest BCUT2D eigenvalue weighted by atomic mass is 19.2. The van der Waals surface area contributed by atoms with Crippen molar-refractivity contribution in [2.75, 3.05) is 24.5 Å². The Balaban J connectivity index is 1.28. The van der Waals surface area contributed by atoms with Gasteiger partial charge in [0.2, 0.25) is 0 Å². The molecule has 0 atom stereocenters. The summed E-state index contributed by atoms with van der Waals surface area (Å²) < 4.78 is 50.9. The predicted molar refractivity (Wildman–Crippen MR) is 145 cm³/mol. The van der Waals surface area contributed by atoms with Crippen molar-refractivity contribution in [2.45, 2.75) is 44.9 Å². The van der Waals surface area contributed by atoms with Crippen LogP contribution in [-0.4, -0.2) is 40.8 Å². The van der Waals surface area contributed by atoms with Crippen molar-refractivity contribution < 1.29 is 22.7 Å². The molecule has 39 heavy (non-hydrogen) atoms. The molecule has 6 rings (SSSR count). The van der Waals surface area contributed by atoms with E-state index in [0.29, 0.717) is 31.5 Å². The van der Waals surface area contributed by atoms with Crippen LogP contribution < -0.4 is 4.90 Å². The van der Waals surface area contributed by atoms with Gasteiger partial charge in [0, 0.05) is 66.9 Å². The van der Waals surface area contributed by atoms with Gasteiger partial charge in [0.15, 0.2) is 17.5 Å². The number of carbonyl (C=O) groups is 1. The fraction of sp³-hybridized carbons (Fsp3) is 0.323. The highest BCUT2D eigenvalue weighted by molar-refractivity contribution is 5.98. The minimum atomic E-state index is -1.47. The standard InChI is InChI=1S/C31H30F3N3O2/c1-20(2)36-18-21(27-23(9-6-10-26(27)36)24-11-12-25(32)29(34)28(24)33)17-35-15-13-31(14-16-35)19-37(30(38)39-31)22-7-4-3-5-8-22/h3-12,18,20H,13-17,19H2,1-2H3. The molecule has 3 aromatic carbocycles. The number of rotatable bonds is 5. The van der Waals surface area contributed by atoms with Crippen LogP contribution in [0.3, 0.4) is 0 Å². The van der Waals surface area contributed by atoms with Crippen LogP contribution >= 0.6 is 0 Å². The average Bonchev–Trinajstić information content (AvgIpc) is 3.47. The molecular formula is C31H30F3N3O2. The molecule has 5 nitrogen and oxygen atoms in total. The number of piperidine rings is 1. The van der Waals surface area contributed by atoms with Gasteiger partial charge in [0.25, 0.3) is 0 Å². The van der Waals surface area contributed by atoms with Crippen molar-refractivity contribution in [1.82, 2.24) is 9.47 Å². The van der Waals surface area contributed by atoms with Gasteiger partial charge in [-0.25, -0.2) is 18.0 Å². The second-order valence-corrected chi connectivity index (χ2v) is 10.8. The number of fused-ring (bicyclic) bond motifs is 1. The average molecular weight is 534 g/mol. The first-order valence-electron chi connectivity index (χ1n) is 13.3. The van der Waals surface area contributed by atoms with E-state index in [9.17, 15) is 18.0 Å². The molecule has 0 aliphatic carbocycles. The van der Waals surface area contributed by atoms with Crippen LogP contribution in [0.1, 0.15) is 38.3 Å². The molecule has 0 saturated carbocycles. The lowest BCUT2D eigenvalue weighted by molar-refractivity contribution is -0.000891. The lowest BCUT2D eigenvalue weighted by atomic mass is 9.90. The van der Waals surface area contributed by atoms with E-state index in [1.165, 1.54) is 6.07 Å². The summed E-state index contributed by atoms with van der Waals surface area (Å²) in [5.41, 5.74) is 2.80. The Morgan fingerprint density at radius 2 is 1.64 bits per heavy atom. The van der Waals surface area contributed by atoms with Crippen LogP contribution in [0, 0.1) is 17.5 Å². The fourth-order valence-corrected chi connectivity index (χ4v) is 5.95. The minimum Gasteiger partial charge on any atom is -0.441 e. The molecular weight excluding hydrogens is 503 g/mol. The smallest absolute Gasteiger partial charge is 0.415 e. The van der Waals surface area contributed by atoms with Gasteiger partial charge in [-0.15, -0.1) is 0 Å². The van der Waals surface area contributed by atoms with Gasteiger partial charge in [-0.3, -0.25) is 9.80 Å². The van der Waals surface area contributed by atoms with E-state index in [1.54, 1.807) is 11.0 Å². The maximum Gasteiger partial charge on any atom is 0.415 e. The first kappa shape index (κ1) is 25.5. The lowest BCUT2D eigenvalue weighted by Gasteiger charge is -2.37. The third-order valence-corrected chi connectivity index (χ3v) is 8.02. The van der Waals surface area contributed by atoms with Crippen LogP contribution in [0.4, 0.5) is 23.7 Å². The van der Waals surface area contributed by atoms with Gasteiger partial charge in [-0.1, -0.05) is 30.3 Å². The van der Waals surface area contributed by atoms with Crippen LogP contribution in [0.2, 0.25) is 0 Å². The molecule has 0 N–H and O–H groups in total. The highest BCUT2D eigenvalue weighted by Gasteiger charge is 2.47. The molecule has 0 radical (unpaired) electrons. The molecule has 2 aliphatic heterocycles. The number of hydrogen-bond donors (Lipinski definition) is 0. The number of likely N-dealkylation sites (tertiary alicyclic amines) is 1. The number of halogens is 3. The van der Waals surface area contributed by atoms with Gasteiger partial charge in [-0.05, 0) is 55.3 Å². The Morgan fingerprint density at radius 3 is 2.36 bits per heavy atom. The largest absolute Gasteiger partial charge is 0.441 e. The van der Waals surface area contributed by atoms with E-state index in [1.807, 2.05) is 42.5 Å². The molecule has 1 aromatic heterocycles. The van der Waals surface area contributed by atoms with Crippen LogP contribution in [0.25, 0.3) is 22.0 Å². The van der Waals surface area contributed by atoms with E-state index in [0.717, 1.165) is 41.3 Å². The van der Waals surface area contributed by atoms with E-state index in [2.05, 4.69) is 29.5 Å². The molecule has 4 aromatic rings. The van der Waals surface area contributed by atoms with Crippen molar-refractivity contribution in [1.29, 1.82) is 0 Å². The Labute approximate surface area is 225 Å². The number of hydrogen-bond acceptors (Lipinski definition) is 3. The molecule has 1 amide bonds. The number of benzene rings is 3. The SMILES string of the molecule is CC(C)n1cc(CN2CCC3(CC2)CN(c2ccccc2)C(=O)O3)c2c(-c3ccc(F)c(F)c3F)cccc21. The van der Waals surface area contributed by atoms with Gasteiger partial charge >= 0.3 is 6.09 Å². The van der Waals surface area contributed by atoms with E-state index in [-0.39, 0.29) is 17.7 Å². The van der Waals surface area contributed by atoms with Gasteiger partial charge < -0.3 is 9.30 Å². The lowest BCUT2D eigenvalue weighted by Crippen LogP contribution is -2.46. The zero-order chi connectivity index (χ0) is 27.3. The molecule has 2 fully saturated rings. The second kappa shape index (κ2) is 9.75. The van der Waals surface area contributed by atoms with Crippen LogP contribution in [0.15, 0.2) is 66.9 Å². The molecule has 2 aliphatic rings. The molecule has 0 bridgehead atoms. The van der Waals surface area contributed by atoms with Gasteiger partial charge in [-0.2, -0.15) is 0 Å². The van der Waals surface area contributed by atoms with Crippen molar-refractivity contribution >= 4 is 22.7 Å². The van der Waals surface area contributed by atoms with E-state index in [4.69, 9.17) is 4.74 Å². The highest BCUT2D eigenvalue weighted by Crippen LogP contribution is 2.39. The topological polar surface area (TPSA) is 37.7 Å². The van der Waals surface area contributed by atoms with Crippen LogP contribution in [0.5, 0.6) is 0 Å². The Bertz CT molecular complexity index is 1540. The van der Waals surface area contributed by atoms with Crippen molar-refractivity contribution in [3.8, 4) is 11.1 Å². The second-order valence-electron chi connectivity index (χ2n) is 10.8. The fourth-order valence-electron chi connectivity index (χ4n) is 5.95. The number of nitrogens with zero attached hydrogens (tertiary/aromatic N) is 3. The molecule has 3 heterocycles. The Hall–Kier alpha value is -3.78. The number of ether oxygens (including phenoxy) is 1. The first-order chi connectivity index (χ1) is 18.8. The van der Waals surface area contributed by atoms with Crippen LogP contribution in [-0.2, 0) is 11.3 Å². The summed E-state index contributed by atoms with van der Waals surface area (Å²) >= 11 is 0. The van der Waals surface area contributed by atoms with Gasteiger partial charge in [0.05, 0.1) is 6.54 Å². The maximum absolute atomic E-state index is 14.9. The molecule has 0 unspecified atom stereocenters. The molecule has 1 spiro atoms. The summed E-state index contributed by atoms with van der Waals surface area (Å²) in [4.78, 5) is 16.7. The van der Waals surface area contributed by atoms with Crippen molar-refractivity contribution in [2.24, 2.45) is 0 Å². The third-order valence-electron chi connectivity index (χ3n) is 8.02. The van der Waals surface area contributed by atoms with Crippen molar-refractivity contribution in [3.05, 3.63) is 89.9 Å². The summed E-state index contributed by atoms with van der Waals surface area (Å²) in [6, 6.07) is 17.5. The summed E-state index contributed by atoms with van der Waals surface area (Å²) in [5.74, 6) is -3.85. The summed E-state index contributed by atoms with van der Waals surface area (Å²) in [7, 11) is 0. The Kier molecular flexibility index (Phi) is 6.38.